The summed E-state index contributed by atoms with van der Waals surface area (Å²) in [6.07, 6.45) is 9.18. The first-order valence-corrected chi connectivity index (χ1v) is 7.02. The van der Waals surface area contributed by atoms with Crippen molar-refractivity contribution >= 4 is 0 Å². The number of hydrogen-bond acceptors (Lipinski definition) is 2. The lowest BCUT2D eigenvalue weighted by Gasteiger charge is -2.55. The molecule has 0 saturated carbocycles. The van der Waals surface area contributed by atoms with Crippen LogP contribution in [-0.4, -0.2) is 22.9 Å². The van der Waals surface area contributed by atoms with Crippen LogP contribution in [0.15, 0.2) is 36.4 Å². The highest BCUT2D eigenvalue weighted by Gasteiger charge is 2.52. The molecule has 2 heteroatoms. The molecule has 4 rings (SSSR count). The van der Waals surface area contributed by atoms with Crippen LogP contribution in [0.2, 0.25) is 0 Å². The molecule has 94 valence electrons. The highest BCUT2D eigenvalue weighted by Crippen LogP contribution is 2.53. The van der Waals surface area contributed by atoms with E-state index in [0.29, 0.717) is 11.3 Å². The summed E-state index contributed by atoms with van der Waals surface area (Å²) in [5, 5.41) is 11.8. The van der Waals surface area contributed by atoms with Gasteiger partial charge in [-0.15, -0.1) is 0 Å². The molecule has 0 unspecified atom stereocenters. The molecule has 0 radical (unpaired) electrons. The number of benzene rings is 1. The van der Waals surface area contributed by atoms with Gasteiger partial charge in [-0.2, -0.15) is 5.06 Å². The van der Waals surface area contributed by atoms with Crippen molar-refractivity contribution in [3.05, 3.63) is 47.5 Å². The third-order valence-corrected chi connectivity index (χ3v) is 5.31. The topological polar surface area (TPSA) is 23.5 Å². The van der Waals surface area contributed by atoms with Gasteiger partial charge >= 0.3 is 0 Å². The SMILES string of the molecule is ON1CC[C@]23CCC=C[C@H]2[C@H]1Cc1ccccc13. The molecule has 1 aromatic carbocycles. The number of hydrogen-bond donors (Lipinski definition) is 1. The van der Waals surface area contributed by atoms with Crippen molar-refractivity contribution in [2.75, 3.05) is 6.54 Å². The van der Waals surface area contributed by atoms with Crippen molar-refractivity contribution in [1.29, 1.82) is 0 Å². The highest BCUT2D eigenvalue weighted by atomic mass is 16.5. The summed E-state index contributed by atoms with van der Waals surface area (Å²) in [7, 11) is 0. The molecule has 2 bridgehead atoms. The smallest absolute Gasteiger partial charge is 0.0461 e. The normalized spacial score (nSPS) is 38.1. The number of fused-ring (bicyclic) bond motifs is 1. The van der Waals surface area contributed by atoms with Gasteiger partial charge < -0.3 is 5.21 Å². The van der Waals surface area contributed by atoms with Crippen molar-refractivity contribution in [2.24, 2.45) is 5.92 Å². The maximum atomic E-state index is 10.2. The van der Waals surface area contributed by atoms with E-state index in [0.717, 1.165) is 19.4 Å². The van der Waals surface area contributed by atoms with Crippen molar-refractivity contribution in [1.82, 2.24) is 5.06 Å². The van der Waals surface area contributed by atoms with E-state index in [1.165, 1.54) is 18.4 Å². The van der Waals surface area contributed by atoms with Crippen molar-refractivity contribution < 1.29 is 5.21 Å². The third-order valence-electron chi connectivity index (χ3n) is 5.31. The van der Waals surface area contributed by atoms with Crippen LogP contribution in [0.5, 0.6) is 0 Å². The Balaban J connectivity index is 1.94. The lowest BCUT2D eigenvalue weighted by molar-refractivity contribution is -0.174. The first-order chi connectivity index (χ1) is 8.81. The molecule has 1 saturated heterocycles. The van der Waals surface area contributed by atoms with E-state index in [1.54, 1.807) is 10.6 Å². The largest absolute Gasteiger partial charge is 0.314 e. The van der Waals surface area contributed by atoms with Crippen molar-refractivity contribution in [2.45, 2.75) is 37.1 Å². The number of rotatable bonds is 0. The average Bonchev–Trinajstić information content (AvgIpc) is 2.43. The Labute approximate surface area is 108 Å². The molecule has 1 aliphatic heterocycles. The lowest BCUT2D eigenvalue weighted by atomic mass is 9.54. The number of allylic oxidation sites excluding steroid dienone is 1. The summed E-state index contributed by atoms with van der Waals surface area (Å²) < 4.78 is 0. The van der Waals surface area contributed by atoms with E-state index in [2.05, 4.69) is 36.4 Å². The molecule has 3 atom stereocenters. The first-order valence-electron chi connectivity index (χ1n) is 7.02. The van der Waals surface area contributed by atoms with Crippen LogP contribution in [0.25, 0.3) is 0 Å². The molecule has 18 heavy (non-hydrogen) atoms. The van der Waals surface area contributed by atoms with Gasteiger partial charge in [0.15, 0.2) is 0 Å². The van der Waals surface area contributed by atoms with E-state index in [-0.39, 0.29) is 6.04 Å². The Bertz CT molecular complexity index is 510. The van der Waals surface area contributed by atoms with Crippen molar-refractivity contribution in [3.8, 4) is 0 Å². The van der Waals surface area contributed by atoms with Gasteiger partial charge in [0.25, 0.3) is 0 Å². The number of hydroxylamine groups is 2. The van der Waals surface area contributed by atoms with Gasteiger partial charge in [-0.1, -0.05) is 36.4 Å². The predicted molar refractivity (Wildman–Crippen MR) is 70.6 cm³/mol. The van der Waals surface area contributed by atoms with Crippen LogP contribution in [-0.2, 0) is 11.8 Å². The molecule has 2 nitrogen and oxygen atoms in total. The molecule has 0 amide bonds. The zero-order valence-electron chi connectivity index (χ0n) is 10.5. The Morgan fingerprint density at radius 2 is 2.11 bits per heavy atom. The zero-order chi connectivity index (χ0) is 12.2. The maximum Gasteiger partial charge on any atom is 0.0461 e. The van der Waals surface area contributed by atoms with E-state index in [1.807, 2.05) is 0 Å². The highest BCUT2D eigenvalue weighted by molar-refractivity contribution is 5.42. The first kappa shape index (κ1) is 10.8. The minimum absolute atomic E-state index is 0.283. The Morgan fingerprint density at radius 1 is 1.22 bits per heavy atom. The molecular formula is C16H19NO. The third kappa shape index (κ3) is 1.25. The fourth-order valence-corrected chi connectivity index (χ4v) is 4.48. The van der Waals surface area contributed by atoms with Gasteiger partial charge in [-0.3, -0.25) is 0 Å². The molecule has 0 aromatic heterocycles. The van der Waals surface area contributed by atoms with E-state index >= 15 is 0 Å². The van der Waals surface area contributed by atoms with Gasteiger partial charge in [0.05, 0.1) is 0 Å². The fourth-order valence-electron chi connectivity index (χ4n) is 4.48. The van der Waals surface area contributed by atoms with E-state index in [4.69, 9.17) is 0 Å². The standard InChI is InChI=1S/C16H19NO/c18-17-10-9-16-8-4-3-7-14(16)15(17)11-12-5-1-2-6-13(12)16/h1-3,5-7,14-15,18H,4,8-11H2/t14-,15+,16-/m0/s1. The van der Waals surface area contributed by atoms with Crippen molar-refractivity contribution in [3.63, 3.8) is 0 Å². The van der Waals surface area contributed by atoms with Gasteiger partial charge in [0.1, 0.15) is 0 Å². The van der Waals surface area contributed by atoms with Crippen LogP contribution < -0.4 is 0 Å². The molecule has 3 aliphatic rings. The maximum absolute atomic E-state index is 10.2. The van der Waals surface area contributed by atoms with Gasteiger partial charge in [0.2, 0.25) is 0 Å². The second-order valence-corrected chi connectivity index (χ2v) is 5.99. The lowest BCUT2D eigenvalue weighted by Crippen LogP contribution is -2.59. The number of nitrogens with zero attached hydrogens (tertiary/aromatic N) is 1. The molecule has 1 heterocycles. The zero-order valence-corrected chi connectivity index (χ0v) is 10.5. The second kappa shape index (κ2) is 3.69. The number of piperidine rings is 1. The van der Waals surface area contributed by atoms with Gasteiger partial charge in [-0.05, 0) is 36.8 Å². The van der Waals surface area contributed by atoms with E-state index in [9.17, 15) is 5.21 Å². The van der Waals surface area contributed by atoms with Gasteiger partial charge in [0, 0.05) is 23.9 Å². The summed E-state index contributed by atoms with van der Waals surface area (Å²) in [5.74, 6) is 0.500. The van der Waals surface area contributed by atoms with Crippen LogP contribution in [0.4, 0.5) is 0 Å². The van der Waals surface area contributed by atoms with Crippen LogP contribution in [0, 0.1) is 5.92 Å². The van der Waals surface area contributed by atoms with Crippen LogP contribution >= 0.6 is 0 Å². The minimum atomic E-state index is 0.283. The minimum Gasteiger partial charge on any atom is -0.314 e. The second-order valence-electron chi connectivity index (χ2n) is 5.99. The Kier molecular flexibility index (Phi) is 2.21. The van der Waals surface area contributed by atoms with E-state index < -0.39 is 0 Å². The molecule has 1 aromatic rings. The van der Waals surface area contributed by atoms with Crippen LogP contribution in [0.1, 0.15) is 30.4 Å². The fraction of sp³-hybridized carbons (Fsp3) is 0.500. The predicted octanol–water partition coefficient (Wildman–Crippen LogP) is 2.91. The Morgan fingerprint density at radius 3 is 3.06 bits per heavy atom. The van der Waals surface area contributed by atoms with Crippen LogP contribution in [0.3, 0.4) is 0 Å². The summed E-state index contributed by atoms with van der Waals surface area (Å²) >= 11 is 0. The monoisotopic (exact) mass is 241 g/mol. The average molecular weight is 241 g/mol. The summed E-state index contributed by atoms with van der Waals surface area (Å²) in [4.78, 5) is 0. The molecule has 0 spiro atoms. The summed E-state index contributed by atoms with van der Waals surface area (Å²) in [6, 6.07) is 9.16. The quantitative estimate of drug-likeness (QED) is 0.706. The Hall–Kier alpha value is -1.12. The molecule has 1 N–H and O–H groups in total. The summed E-state index contributed by atoms with van der Waals surface area (Å²) in [6.45, 7) is 0.823. The molecular weight excluding hydrogens is 222 g/mol. The molecule has 2 aliphatic carbocycles. The van der Waals surface area contributed by atoms with Gasteiger partial charge in [-0.25, -0.2) is 0 Å². The summed E-state index contributed by atoms with van der Waals surface area (Å²) in [5.41, 5.74) is 3.31. The molecule has 1 fully saturated rings.